The maximum absolute atomic E-state index is 12.4. The number of nitrogens with one attached hydrogen (secondary N) is 2. The van der Waals surface area contributed by atoms with Gasteiger partial charge in [-0.1, -0.05) is 17.8 Å². The Labute approximate surface area is 157 Å². The highest BCUT2D eigenvalue weighted by Gasteiger charge is 2.54. The molecule has 2 saturated heterocycles. The van der Waals surface area contributed by atoms with Crippen molar-refractivity contribution < 1.29 is 19.5 Å². The number of allylic oxidation sites excluding steroid dienone is 1. The molecule has 0 aromatic carbocycles. The van der Waals surface area contributed by atoms with E-state index in [2.05, 4.69) is 22.4 Å². The highest BCUT2D eigenvalue weighted by Crippen LogP contribution is 2.40. The summed E-state index contributed by atoms with van der Waals surface area (Å²) in [5.74, 6) is -1.64. The number of aliphatic carboxylic acids is 1. The maximum atomic E-state index is 12.4. The fourth-order valence-electron chi connectivity index (χ4n) is 3.04. The van der Waals surface area contributed by atoms with Crippen molar-refractivity contribution in [1.82, 2.24) is 15.5 Å². The Balaban J connectivity index is 1.71. The van der Waals surface area contributed by atoms with E-state index in [0.717, 1.165) is 4.90 Å². The van der Waals surface area contributed by atoms with Crippen LogP contribution in [0.25, 0.3) is 0 Å². The van der Waals surface area contributed by atoms with Gasteiger partial charge in [0.2, 0.25) is 0 Å². The second-order valence-electron chi connectivity index (χ2n) is 5.86. The Morgan fingerprint density at radius 1 is 1.50 bits per heavy atom. The van der Waals surface area contributed by atoms with Crippen LogP contribution in [0.15, 0.2) is 29.1 Å². The zero-order valence-corrected chi connectivity index (χ0v) is 15.1. The molecule has 5 unspecified atom stereocenters. The largest absolute Gasteiger partial charge is 0.477 e. The van der Waals surface area contributed by atoms with E-state index in [-0.39, 0.29) is 11.2 Å². The molecule has 0 aromatic rings. The van der Waals surface area contributed by atoms with Crippen LogP contribution >= 0.6 is 23.5 Å². The molecule has 0 aliphatic carbocycles. The quantitative estimate of drug-likeness (QED) is 0.325. The van der Waals surface area contributed by atoms with Gasteiger partial charge in [0.1, 0.15) is 22.6 Å². The van der Waals surface area contributed by atoms with Crippen LogP contribution in [0.4, 0.5) is 0 Å². The van der Waals surface area contributed by atoms with Crippen LogP contribution in [0.5, 0.6) is 0 Å². The number of β-lactam (4-membered cyclic amide) rings is 1. The molecule has 5 N–H and O–H groups in total. The second-order valence-corrected chi connectivity index (χ2v) is 8.14. The molecule has 3 aliphatic rings. The minimum atomic E-state index is -1.23. The summed E-state index contributed by atoms with van der Waals surface area (Å²) in [6, 6.07) is -2.63. The number of hydrogen-bond donors (Lipinski definition) is 4. The molecule has 3 rings (SSSR count). The van der Waals surface area contributed by atoms with E-state index in [4.69, 9.17) is 5.73 Å². The lowest BCUT2D eigenvalue weighted by molar-refractivity contribution is -0.150. The lowest BCUT2D eigenvalue weighted by Crippen LogP contribution is -2.71. The number of carboxylic acids is 1. The Morgan fingerprint density at radius 2 is 2.23 bits per heavy atom. The third-order valence-corrected chi connectivity index (χ3v) is 6.69. The predicted octanol–water partition coefficient (Wildman–Crippen LogP) is -1.01. The average Bonchev–Trinajstić information content (AvgIpc) is 3.04. The van der Waals surface area contributed by atoms with Crippen molar-refractivity contribution in [2.75, 3.05) is 11.5 Å². The lowest BCUT2D eigenvalue weighted by atomic mass is 10.0. The Bertz CT molecular complexity index is 714. The lowest BCUT2D eigenvalue weighted by Gasteiger charge is -2.49. The van der Waals surface area contributed by atoms with Gasteiger partial charge < -0.3 is 16.2 Å². The molecule has 5 atom stereocenters. The first kappa shape index (κ1) is 18.9. The molecule has 0 radical (unpaired) electrons. The van der Waals surface area contributed by atoms with Gasteiger partial charge in [0, 0.05) is 11.5 Å². The molecule has 0 aromatic heterocycles. The number of thioether (sulfide) groups is 2. The topological polar surface area (TPSA) is 154 Å². The molecule has 3 aliphatic heterocycles. The van der Waals surface area contributed by atoms with Crippen molar-refractivity contribution in [3.8, 4) is 0 Å². The minimum Gasteiger partial charge on any atom is -0.477 e. The zero-order valence-electron chi connectivity index (χ0n) is 13.5. The normalized spacial score (nSPS) is 31.7. The van der Waals surface area contributed by atoms with E-state index in [0.29, 0.717) is 17.1 Å². The van der Waals surface area contributed by atoms with Crippen molar-refractivity contribution in [2.45, 2.75) is 29.0 Å². The van der Waals surface area contributed by atoms with Crippen LogP contribution in [0, 0.1) is 4.91 Å². The molecule has 3 heterocycles. The summed E-state index contributed by atoms with van der Waals surface area (Å²) in [6.07, 6.45) is 1.41. The van der Waals surface area contributed by atoms with Crippen molar-refractivity contribution >= 4 is 41.3 Å². The Kier molecular flexibility index (Phi) is 5.37. The number of fused-ring (bicyclic) bond motifs is 1. The zero-order chi connectivity index (χ0) is 19.0. The van der Waals surface area contributed by atoms with E-state index >= 15 is 0 Å². The van der Waals surface area contributed by atoms with E-state index in [1.54, 1.807) is 0 Å². The van der Waals surface area contributed by atoms with Gasteiger partial charge in [-0.15, -0.1) is 28.4 Å². The first-order valence-corrected chi connectivity index (χ1v) is 9.78. The highest BCUT2D eigenvalue weighted by molar-refractivity contribution is 8.00. The molecule has 26 heavy (non-hydrogen) atoms. The Hall–Kier alpha value is -1.89. The molecule has 0 bridgehead atoms. The van der Waals surface area contributed by atoms with Gasteiger partial charge in [-0.05, 0) is 5.57 Å². The second kappa shape index (κ2) is 7.39. The van der Waals surface area contributed by atoms with Gasteiger partial charge in [-0.2, -0.15) is 0 Å². The van der Waals surface area contributed by atoms with Gasteiger partial charge in [0.15, 0.2) is 6.04 Å². The van der Waals surface area contributed by atoms with Crippen LogP contribution < -0.4 is 16.4 Å². The molecule has 140 valence electrons. The summed E-state index contributed by atoms with van der Waals surface area (Å²) in [6.45, 7) is 3.57. The fourth-order valence-corrected chi connectivity index (χ4v) is 5.34. The van der Waals surface area contributed by atoms with Gasteiger partial charge in [-0.3, -0.25) is 19.8 Å². The average molecular weight is 399 g/mol. The number of rotatable bonds is 6. The summed E-state index contributed by atoms with van der Waals surface area (Å²) in [7, 11) is 0. The standard InChI is InChI=1S/C14H17N5O5S2/c1-2-5-3-25-12-8(11(21)19(12)9(5)13(22)23)17-10(20)7(18-24)6-4-26-14(15)16-6/h2,6-8,12,14,16H,1,3-4,15H2,(H,17,20)(H,22,23). The molecule has 0 spiro atoms. The summed E-state index contributed by atoms with van der Waals surface area (Å²) in [5.41, 5.74) is 5.63. The number of hydrogen-bond acceptors (Lipinski definition) is 9. The molecule has 2 fully saturated rings. The fraction of sp³-hybridized carbons (Fsp3) is 0.500. The van der Waals surface area contributed by atoms with E-state index in [1.165, 1.54) is 29.6 Å². The number of nitrogens with zero attached hydrogens (tertiary/aromatic N) is 2. The number of carbonyl (C=O) groups is 3. The number of carbonyl (C=O) groups excluding carboxylic acids is 2. The van der Waals surface area contributed by atoms with E-state index in [9.17, 15) is 24.4 Å². The summed E-state index contributed by atoms with van der Waals surface area (Å²) in [4.78, 5) is 48.5. The Morgan fingerprint density at radius 3 is 2.77 bits per heavy atom. The summed E-state index contributed by atoms with van der Waals surface area (Å²) < 4.78 is 0. The van der Waals surface area contributed by atoms with Crippen molar-refractivity contribution in [2.24, 2.45) is 10.9 Å². The van der Waals surface area contributed by atoms with E-state index in [1.807, 2.05) is 0 Å². The maximum Gasteiger partial charge on any atom is 0.352 e. The van der Waals surface area contributed by atoms with Crippen molar-refractivity contribution in [1.29, 1.82) is 0 Å². The predicted molar refractivity (Wildman–Crippen MR) is 96.8 cm³/mol. The smallest absolute Gasteiger partial charge is 0.352 e. The van der Waals surface area contributed by atoms with Gasteiger partial charge in [0.05, 0.1) is 6.04 Å². The number of amides is 2. The number of nitrogens with two attached hydrogens (primary N) is 1. The van der Waals surface area contributed by atoms with Crippen molar-refractivity contribution in [3.63, 3.8) is 0 Å². The molecule has 12 heteroatoms. The van der Waals surface area contributed by atoms with Gasteiger partial charge >= 0.3 is 5.97 Å². The summed E-state index contributed by atoms with van der Waals surface area (Å²) in [5, 5.41) is 17.1. The van der Waals surface area contributed by atoms with Crippen LogP contribution in [-0.4, -0.2) is 68.3 Å². The number of carboxylic acid groups (broad SMARTS) is 1. The molecular weight excluding hydrogens is 382 g/mol. The van der Waals surface area contributed by atoms with Crippen molar-refractivity contribution in [3.05, 3.63) is 28.8 Å². The van der Waals surface area contributed by atoms with Gasteiger partial charge in [0.25, 0.3) is 11.8 Å². The third kappa shape index (κ3) is 3.13. The van der Waals surface area contributed by atoms with E-state index < -0.39 is 41.3 Å². The highest BCUT2D eigenvalue weighted by atomic mass is 32.2. The van der Waals surface area contributed by atoms with Crippen LogP contribution in [0.2, 0.25) is 0 Å². The number of nitroso groups, excluding NO2 is 1. The molecule has 10 nitrogen and oxygen atoms in total. The first-order chi connectivity index (χ1) is 12.4. The summed E-state index contributed by atoms with van der Waals surface area (Å²) >= 11 is 2.68. The van der Waals surface area contributed by atoms with Crippen LogP contribution in [0.3, 0.4) is 0 Å². The van der Waals surface area contributed by atoms with Gasteiger partial charge in [-0.25, -0.2) is 4.79 Å². The third-order valence-electron chi connectivity index (χ3n) is 4.34. The first-order valence-electron chi connectivity index (χ1n) is 7.68. The van der Waals surface area contributed by atoms with Crippen LogP contribution in [-0.2, 0) is 14.4 Å². The molecule has 0 saturated carbocycles. The molecule has 2 amide bonds. The SMILES string of the molecule is C=CC1=C(C(=O)O)N2C(=O)C(NC(=O)C(N=O)C3CSC(N)N3)C2SC1. The van der Waals surface area contributed by atoms with Crippen LogP contribution in [0.1, 0.15) is 0 Å². The minimum absolute atomic E-state index is 0.121. The molecular formula is C14H17N5O5S2. The monoisotopic (exact) mass is 399 g/mol.